The van der Waals surface area contributed by atoms with Gasteiger partial charge in [-0.25, -0.2) is 0 Å². The Balaban J connectivity index is 1.88. The second-order valence-electron chi connectivity index (χ2n) is 5.28. The van der Waals surface area contributed by atoms with E-state index in [2.05, 4.69) is 0 Å². The van der Waals surface area contributed by atoms with Gasteiger partial charge in [0, 0.05) is 30.4 Å². The molecular formula is C14H18NO7PS. The summed E-state index contributed by atoms with van der Waals surface area (Å²) in [7, 11) is 0. The number of aliphatic carboxylic acids is 1. The Morgan fingerprint density at radius 2 is 2.12 bits per heavy atom. The third-order valence-corrected chi connectivity index (χ3v) is 5.69. The van der Waals surface area contributed by atoms with E-state index in [0.29, 0.717) is 31.6 Å². The number of hydrogen-bond acceptors (Lipinski definition) is 7. The van der Waals surface area contributed by atoms with Crippen molar-refractivity contribution in [3.63, 3.8) is 0 Å². The molecule has 1 aliphatic heterocycles. The van der Waals surface area contributed by atoms with Gasteiger partial charge in [-0.15, -0.1) is 0 Å². The maximum absolute atomic E-state index is 10.6. The van der Waals surface area contributed by atoms with Gasteiger partial charge in [-0.1, -0.05) is 6.42 Å². The van der Waals surface area contributed by atoms with Crippen molar-refractivity contribution in [2.75, 3.05) is 6.61 Å². The van der Waals surface area contributed by atoms with E-state index in [1.807, 2.05) is 0 Å². The normalized spacial score (nSPS) is 23.6. The lowest BCUT2D eigenvalue weighted by molar-refractivity contribution is -0.384. The van der Waals surface area contributed by atoms with Crippen molar-refractivity contribution >= 4 is 30.2 Å². The molecule has 24 heavy (non-hydrogen) atoms. The number of nitrogens with zero attached hydrogens (tertiary/aromatic N) is 1. The number of benzene rings is 1. The molecule has 10 heteroatoms. The summed E-state index contributed by atoms with van der Waals surface area (Å²) < 4.78 is 16.9. The molecule has 1 N–H and O–H groups in total. The summed E-state index contributed by atoms with van der Waals surface area (Å²) >= 11 is 5.33. The molecular weight excluding hydrogens is 357 g/mol. The number of unbranched alkanes of at least 4 members (excludes halogenated alkanes) is 1. The molecule has 0 saturated carbocycles. The smallest absolute Gasteiger partial charge is 0.380 e. The zero-order chi connectivity index (χ0) is 17.6. The quantitative estimate of drug-likeness (QED) is 0.317. The van der Waals surface area contributed by atoms with Gasteiger partial charge in [-0.2, -0.15) is 0 Å². The van der Waals surface area contributed by atoms with Crippen molar-refractivity contribution in [2.45, 2.75) is 38.2 Å². The van der Waals surface area contributed by atoms with Crippen molar-refractivity contribution in [3.05, 3.63) is 34.4 Å². The summed E-state index contributed by atoms with van der Waals surface area (Å²) in [5.41, 5.74) is -0.0408. The van der Waals surface area contributed by atoms with Gasteiger partial charge in [0.25, 0.3) is 5.69 Å². The van der Waals surface area contributed by atoms with E-state index in [1.165, 1.54) is 24.3 Å². The van der Waals surface area contributed by atoms with Crippen molar-refractivity contribution in [1.82, 2.24) is 0 Å². The summed E-state index contributed by atoms with van der Waals surface area (Å²) in [5.74, 6) is -0.454. The molecule has 0 spiro atoms. The van der Waals surface area contributed by atoms with Crippen LogP contribution in [0.2, 0.25) is 0 Å². The number of non-ortho nitro benzene ring substituents is 1. The molecule has 0 radical (unpaired) electrons. The minimum absolute atomic E-state index is 0.0408. The fourth-order valence-electron chi connectivity index (χ4n) is 2.21. The molecule has 2 rings (SSSR count). The van der Waals surface area contributed by atoms with Crippen LogP contribution in [0, 0.1) is 10.1 Å². The highest BCUT2D eigenvalue weighted by Gasteiger charge is 2.32. The van der Waals surface area contributed by atoms with E-state index in [4.69, 9.17) is 30.5 Å². The molecule has 0 amide bonds. The first-order valence-corrected chi connectivity index (χ1v) is 10.0. The third-order valence-electron chi connectivity index (χ3n) is 3.40. The summed E-state index contributed by atoms with van der Waals surface area (Å²) in [6.45, 7) is -2.54. The zero-order valence-corrected chi connectivity index (χ0v) is 14.5. The van der Waals surface area contributed by atoms with Gasteiger partial charge in [0.05, 0.1) is 17.6 Å². The highest BCUT2D eigenvalue weighted by atomic mass is 32.5. The van der Waals surface area contributed by atoms with E-state index in [9.17, 15) is 14.9 Å². The summed E-state index contributed by atoms with van der Waals surface area (Å²) in [6.07, 6.45) is 2.69. The Kier molecular flexibility index (Phi) is 6.68. The predicted molar refractivity (Wildman–Crippen MR) is 89.6 cm³/mol. The van der Waals surface area contributed by atoms with Crippen LogP contribution in [0.25, 0.3) is 0 Å². The van der Waals surface area contributed by atoms with Gasteiger partial charge in [0.2, 0.25) is 0 Å². The second kappa shape index (κ2) is 8.53. The van der Waals surface area contributed by atoms with Crippen LogP contribution in [-0.2, 0) is 25.6 Å². The zero-order valence-electron chi connectivity index (χ0n) is 12.8. The average molecular weight is 375 g/mol. The van der Waals surface area contributed by atoms with E-state index in [1.54, 1.807) is 0 Å². The van der Waals surface area contributed by atoms with Crippen LogP contribution < -0.4 is 4.52 Å². The number of nitro groups is 1. The number of carboxylic acids is 1. The van der Waals surface area contributed by atoms with Crippen LogP contribution in [0.15, 0.2) is 24.3 Å². The molecule has 1 saturated heterocycles. The summed E-state index contributed by atoms with van der Waals surface area (Å²) in [4.78, 5) is 20.6. The maximum Gasteiger partial charge on any atom is 0.380 e. The molecule has 1 aromatic rings. The lowest BCUT2D eigenvalue weighted by Gasteiger charge is -2.31. The SMILES string of the molecule is O=C(O)CCCCC1CCOP(=S)(Oc2ccc([N+](=O)[O-])cc2)O1. The van der Waals surface area contributed by atoms with Crippen LogP contribution >= 0.6 is 6.72 Å². The lowest BCUT2D eigenvalue weighted by Crippen LogP contribution is -2.22. The number of hydrogen-bond donors (Lipinski definition) is 1. The minimum Gasteiger partial charge on any atom is -0.481 e. The standard InChI is InChI=1S/C14H18NO7PS/c16-14(17)4-2-1-3-12-9-10-20-23(24,21-12)22-13-7-5-11(6-8-13)15(18)19/h5-8,12H,1-4,9-10H2,(H,16,17). The average Bonchev–Trinajstić information content (AvgIpc) is 2.51. The number of nitro benzene ring substituents is 1. The Hall–Kier alpha value is -1.54. The molecule has 1 fully saturated rings. The van der Waals surface area contributed by atoms with Crippen LogP contribution in [-0.4, -0.2) is 28.7 Å². The highest BCUT2D eigenvalue weighted by molar-refractivity contribution is 8.07. The van der Waals surface area contributed by atoms with Crippen molar-refractivity contribution in [1.29, 1.82) is 0 Å². The lowest BCUT2D eigenvalue weighted by atomic mass is 10.1. The molecule has 0 aromatic heterocycles. The van der Waals surface area contributed by atoms with Gasteiger partial charge in [-0.05, 0) is 31.4 Å². The second-order valence-corrected chi connectivity index (χ2v) is 8.17. The van der Waals surface area contributed by atoms with Crippen molar-refractivity contribution in [2.24, 2.45) is 0 Å². The molecule has 0 bridgehead atoms. The molecule has 0 aliphatic carbocycles. The van der Waals surface area contributed by atoms with Crippen LogP contribution in [0.1, 0.15) is 32.1 Å². The fourth-order valence-corrected chi connectivity index (χ4v) is 4.50. The van der Waals surface area contributed by atoms with Gasteiger partial charge in [0.1, 0.15) is 5.75 Å². The largest absolute Gasteiger partial charge is 0.481 e. The molecule has 2 unspecified atom stereocenters. The Labute approximate surface area is 144 Å². The monoisotopic (exact) mass is 375 g/mol. The molecule has 132 valence electrons. The van der Waals surface area contributed by atoms with Crippen LogP contribution in [0.4, 0.5) is 5.69 Å². The fraction of sp³-hybridized carbons (Fsp3) is 0.500. The van der Waals surface area contributed by atoms with Crippen molar-refractivity contribution in [3.8, 4) is 5.75 Å². The first kappa shape index (κ1) is 18.8. The van der Waals surface area contributed by atoms with E-state index < -0.39 is 17.6 Å². The van der Waals surface area contributed by atoms with Gasteiger partial charge in [-0.3, -0.25) is 24.0 Å². The Bertz CT molecular complexity index is 637. The van der Waals surface area contributed by atoms with Gasteiger partial charge >= 0.3 is 12.7 Å². The Morgan fingerprint density at radius 3 is 2.75 bits per heavy atom. The van der Waals surface area contributed by atoms with E-state index >= 15 is 0 Å². The van der Waals surface area contributed by atoms with E-state index in [0.717, 1.165) is 6.42 Å². The van der Waals surface area contributed by atoms with Crippen molar-refractivity contribution < 1.29 is 28.4 Å². The molecule has 1 aliphatic rings. The highest BCUT2D eigenvalue weighted by Crippen LogP contribution is 2.54. The van der Waals surface area contributed by atoms with Gasteiger partial charge < -0.3 is 9.63 Å². The first-order valence-electron chi connectivity index (χ1n) is 7.47. The molecule has 2 atom stereocenters. The van der Waals surface area contributed by atoms with E-state index in [-0.39, 0.29) is 18.2 Å². The number of rotatable bonds is 8. The summed E-state index contributed by atoms with van der Waals surface area (Å²) in [5, 5.41) is 19.3. The maximum atomic E-state index is 10.6. The van der Waals surface area contributed by atoms with Gasteiger partial charge in [0.15, 0.2) is 0 Å². The molecule has 1 aromatic carbocycles. The molecule has 1 heterocycles. The third kappa shape index (κ3) is 5.83. The summed E-state index contributed by atoms with van der Waals surface area (Å²) in [6, 6.07) is 5.55. The topological polar surface area (TPSA) is 108 Å². The van der Waals surface area contributed by atoms with Crippen LogP contribution in [0.3, 0.4) is 0 Å². The molecule has 8 nitrogen and oxygen atoms in total. The minimum atomic E-state index is -2.95. The number of carboxylic acid groups (broad SMARTS) is 1. The van der Waals surface area contributed by atoms with Crippen LogP contribution in [0.5, 0.6) is 5.75 Å². The number of carbonyl (C=O) groups is 1. The Morgan fingerprint density at radius 1 is 1.42 bits per heavy atom. The first-order chi connectivity index (χ1) is 11.4. The predicted octanol–water partition coefficient (Wildman–Crippen LogP) is 3.65.